The molecule has 1 aromatic heterocycles. The van der Waals surface area contributed by atoms with Crippen LogP contribution in [-0.2, 0) is 6.18 Å². The molecular formula is C13H20F3N3O. The third kappa shape index (κ3) is 5.24. The van der Waals surface area contributed by atoms with Crippen LogP contribution in [0, 0.1) is 5.41 Å². The van der Waals surface area contributed by atoms with Crippen LogP contribution in [0.1, 0.15) is 32.3 Å². The van der Waals surface area contributed by atoms with E-state index in [1.165, 1.54) is 0 Å². The number of hydrogen-bond acceptors (Lipinski definition) is 4. The molecule has 0 unspecified atom stereocenters. The third-order valence-electron chi connectivity index (χ3n) is 2.93. The Morgan fingerprint density at radius 1 is 1.30 bits per heavy atom. The molecule has 0 fully saturated rings. The number of nitrogens with zero attached hydrogens (tertiary/aromatic N) is 1. The summed E-state index contributed by atoms with van der Waals surface area (Å²) < 4.78 is 37.9. The van der Waals surface area contributed by atoms with Crippen molar-refractivity contribution >= 4 is 11.6 Å². The van der Waals surface area contributed by atoms with Crippen LogP contribution in [0.5, 0.6) is 0 Å². The molecule has 4 N–H and O–H groups in total. The van der Waals surface area contributed by atoms with Gasteiger partial charge in [-0.3, -0.25) is 0 Å². The molecule has 7 heteroatoms. The van der Waals surface area contributed by atoms with Crippen LogP contribution in [0.2, 0.25) is 0 Å². The van der Waals surface area contributed by atoms with E-state index in [-0.39, 0.29) is 23.7 Å². The minimum Gasteiger partial charge on any atom is -0.396 e. The van der Waals surface area contributed by atoms with Gasteiger partial charge in [-0.2, -0.15) is 13.2 Å². The van der Waals surface area contributed by atoms with Gasteiger partial charge in [0.05, 0.1) is 5.56 Å². The summed E-state index contributed by atoms with van der Waals surface area (Å²) in [6, 6.07) is 1.75. The number of nitrogens with one attached hydrogen (secondary N) is 1. The summed E-state index contributed by atoms with van der Waals surface area (Å²) in [6.45, 7) is 4.47. The second kappa shape index (κ2) is 6.30. The van der Waals surface area contributed by atoms with E-state index >= 15 is 0 Å². The smallest absolute Gasteiger partial charge is 0.396 e. The van der Waals surface area contributed by atoms with E-state index in [9.17, 15) is 13.2 Å². The first-order chi connectivity index (χ1) is 9.14. The van der Waals surface area contributed by atoms with Crippen LogP contribution in [0.25, 0.3) is 0 Å². The second-order valence-electron chi connectivity index (χ2n) is 5.51. The quantitative estimate of drug-likeness (QED) is 0.753. The molecule has 0 aliphatic heterocycles. The van der Waals surface area contributed by atoms with E-state index < -0.39 is 11.7 Å². The molecule has 0 aliphatic rings. The van der Waals surface area contributed by atoms with Crippen molar-refractivity contribution < 1.29 is 18.3 Å². The summed E-state index contributed by atoms with van der Waals surface area (Å²) in [5.74, 6) is -0.0649. The molecule has 1 heterocycles. The summed E-state index contributed by atoms with van der Waals surface area (Å²) in [4.78, 5) is 3.85. The number of nitrogen functional groups attached to an aromatic ring is 1. The molecule has 0 radical (unpaired) electrons. The molecule has 4 nitrogen and oxygen atoms in total. The summed E-state index contributed by atoms with van der Waals surface area (Å²) >= 11 is 0. The minimum absolute atomic E-state index is 0.0954. The van der Waals surface area contributed by atoms with Gasteiger partial charge in [0, 0.05) is 13.2 Å². The summed E-state index contributed by atoms with van der Waals surface area (Å²) in [5, 5.41) is 11.7. The van der Waals surface area contributed by atoms with Crippen LogP contribution >= 0.6 is 0 Å². The molecular weight excluding hydrogens is 271 g/mol. The first-order valence-electron chi connectivity index (χ1n) is 6.33. The lowest BCUT2D eigenvalue weighted by atomic mass is 9.88. The Kier molecular flexibility index (Phi) is 5.21. The van der Waals surface area contributed by atoms with E-state index in [0.29, 0.717) is 13.0 Å². The molecule has 1 aromatic rings. The fraction of sp³-hybridized carbons (Fsp3) is 0.615. The zero-order chi connectivity index (χ0) is 15.4. The molecule has 114 valence electrons. The lowest BCUT2D eigenvalue weighted by molar-refractivity contribution is -0.137. The van der Waals surface area contributed by atoms with Crippen molar-refractivity contribution in [3.63, 3.8) is 0 Å². The van der Waals surface area contributed by atoms with Gasteiger partial charge in [-0.25, -0.2) is 4.98 Å². The Bertz CT molecular complexity index is 447. The Morgan fingerprint density at radius 2 is 1.95 bits per heavy atom. The van der Waals surface area contributed by atoms with E-state index in [4.69, 9.17) is 10.8 Å². The number of rotatable bonds is 6. The normalized spacial score (nSPS) is 12.5. The minimum atomic E-state index is -4.44. The van der Waals surface area contributed by atoms with Gasteiger partial charge >= 0.3 is 6.18 Å². The molecule has 20 heavy (non-hydrogen) atoms. The van der Waals surface area contributed by atoms with E-state index in [2.05, 4.69) is 10.3 Å². The number of hydrogen-bond donors (Lipinski definition) is 3. The van der Waals surface area contributed by atoms with Crippen molar-refractivity contribution in [2.75, 3.05) is 24.2 Å². The number of halogens is 3. The highest BCUT2D eigenvalue weighted by Gasteiger charge is 2.31. The molecule has 0 amide bonds. The van der Waals surface area contributed by atoms with Crippen LogP contribution in [-0.4, -0.2) is 23.2 Å². The average Bonchev–Trinajstić information content (AvgIpc) is 2.32. The lowest BCUT2D eigenvalue weighted by Crippen LogP contribution is -2.24. The fourth-order valence-electron chi connectivity index (χ4n) is 1.78. The topological polar surface area (TPSA) is 71.2 Å². The Morgan fingerprint density at radius 3 is 2.50 bits per heavy atom. The second-order valence-corrected chi connectivity index (χ2v) is 5.51. The van der Waals surface area contributed by atoms with Crippen molar-refractivity contribution in [2.45, 2.75) is 32.9 Å². The average molecular weight is 291 g/mol. The molecule has 0 spiro atoms. The van der Waals surface area contributed by atoms with Gasteiger partial charge in [0.25, 0.3) is 0 Å². The van der Waals surface area contributed by atoms with Gasteiger partial charge in [-0.1, -0.05) is 13.8 Å². The lowest BCUT2D eigenvalue weighted by Gasteiger charge is -2.25. The maximum Gasteiger partial charge on any atom is 0.416 e. The number of aliphatic hydroxyl groups is 1. The highest BCUT2D eigenvalue weighted by atomic mass is 19.4. The van der Waals surface area contributed by atoms with E-state index in [1.807, 2.05) is 13.8 Å². The van der Waals surface area contributed by atoms with Crippen LogP contribution in [0.15, 0.2) is 12.1 Å². The van der Waals surface area contributed by atoms with Crippen molar-refractivity contribution in [3.05, 3.63) is 17.7 Å². The van der Waals surface area contributed by atoms with Gasteiger partial charge in [0.1, 0.15) is 11.6 Å². The van der Waals surface area contributed by atoms with Crippen molar-refractivity contribution in [1.29, 1.82) is 0 Å². The number of pyridine rings is 1. The summed E-state index contributed by atoms with van der Waals surface area (Å²) in [6.07, 6.45) is -3.04. The first-order valence-corrected chi connectivity index (χ1v) is 6.33. The van der Waals surface area contributed by atoms with Crippen molar-refractivity contribution in [2.24, 2.45) is 5.41 Å². The van der Waals surface area contributed by atoms with Crippen LogP contribution in [0.4, 0.5) is 24.8 Å². The Balaban J connectivity index is 2.76. The number of anilines is 2. The number of aliphatic hydroxyl groups excluding tert-OH is 1. The van der Waals surface area contributed by atoms with E-state index in [0.717, 1.165) is 18.6 Å². The van der Waals surface area contributed by atoms with Crippen molar-refractivity contribution in [3.8, 4) is 0 Å². The Labute approximate surface area is 116 Å². The Hall–Kier alpha value is -1.50. The standard InChI is InChI=1S/C13H20F3N3O/c1-12(2,4-3-5-20)8-18-11-7-9(13(14,15)16)6-10(17)19-11/h6-7,20H,3-5,8H2,1-2H3,(H3,17,18,19). The summed E-state index contributed by atoms with van der Waals surface area (Å²) in [7, 11) is 0. The number of aromatic nitrogens is 1. The van der Waals surface area contributed by atoms with Crippen LogP contribution < -0.4 is 11.1 Å². The van der Waals surface area contributed by atoms with Gasteiger partial charge < -0.3 is 16.2 Å². The maximum atomic E-state index is 12.6. The molecule has 0 saturated carbocycles. The molecule has 0 bridgehead atoms. The van der Waals surface area contributed by atoms with Crippen LogP contribution in [0.3, 0.4) is 0 Å². The SMILES string of the molecule is CC(C)(CCCO)CNc1cc(C(F)(F)F)cc(N)n1. The molecule has 1 rings (SSSR count). The largest absolute Gasteiger partial charge is 0.416 e. The van der Waals surface area contributed by atoms with Gasteiger partial charge in [0.15, 0.2) is 0 Å². The molecule has 0 saturated heterocycles. The summed E-state index contributed by atoms with van der Waals surface area (Å²) in [5.41, 5.74) is 4.41. The maximum absolute atomic E-state index is 12.6. The highest BCUT2D eigenvalue weighted by Crippen LogP contribution is 2.32. The zero-order valence-corrected chi connectivity index (χ0v) is 11.6. The van der Waals surface area contributed by atoms with Gasteiger partial charge in [-0.15, -0.1) is 0 Å². The highest BCUT2D eigenvalue weighted by molar-refractivity contribution is 5.47. The third-order valence-corrected chi connectivity index (χ3v) is 2.93. The predicted octanol–water partition coefficient (Wildman–Crippen LogP) is 2.89. The van der Waals surface area contributed by atoms with Gasteiger partial charge in [-0.05, 0) is 30.4 Å². The van der Waals surface area contributed by atoms with E-state index in [1.54, 1.807) is 0 Å². The monoisotopic (exact) mass is 291 g/mol. The van der Waals surface area contributed by atoms with Crippen molar-refractivity contribution in [1.82, 2.24) is 4.98 Å². The zero-order valence-electron chi connectivity index (χ0n) is 11.6. The first kappa shape index (κ1) is 16.6. The van der Waals surface area contributed by atoms with Gasteiger partial charge in [0.2, 0.25) is 0 Å². The molecule has 0 aliphatic carbocycles. The predicted molar refractivity (Wildman–Crippen MR) is 72.2 cm³/mol. The fourth-order valence-corrected chi connectivity index (χ4v) is 1.78. The molecule has 0 aromatic carbocycles. The number of nitrogens with two attached hydrogens (primary N) is 1. The number of alkyl halides is 3. The molecule has 0 atom stereocenters.